The van der Waals surface area contributed by atoms with Crippen LogP contribution in [0.15, 0.2) is 35.1 Å². The maximum absolute atomic E-state index is 14.1. The molecule has 1 amide bonds. The van der Waals surface area contributed by atoms with Crippen molar-refractivity contribution < 1.29 is 40.7 Å². The van der Waals surface area contributed by atoms with Gasteiger partial charge in [-0.25, -0.2) is 9.48 Å². The summed E-state index contributed by atoms with van der Waals surface area (Å²) in [6.45, 7) is 0.985. The van der Waals surface area contributed by atoms with E-state index in [2.05, 4.69) is 4.74 Å². The number of para-hydroxylation sites is 1. The van der Waals surface area contributed by atoms with E-state index in [0.29, 0.717) is 17.1 Å². The first-order valence-electron chi connectivity index (χ1n) is 8.09. The molecule has 13 heteroatoms. The summed E-state index contributed by atoms with van der Waals surface area (Å²) in [4.78, 5) is 36.6. The van der Waals surface area contributed by atoms with Crippen molar-refractivity contribution in [3.05, 3.63) is 51.9 Å². The number of hydrogen-bond acceptors (Lipinski definition) is 4. The standard InChI is InChI=1S/C17H15F6N3O4/c1-9-11(12(27)26(25(9)2)10-7-5-4-6-8-10)15(14(29)30-3,17(21,22)23)24-13(28)16(18,19)20/h4-8H,1-3H3,(H,24,28). The fraction of sp³-hybridized carbons (Fsp3) is 0.353. The molecule has 1 aromatic carbocycles. The minimum absolute atomic E-state index is 0.0717. The van der Waals surface area contributed by atoms with Crippen molar-refractivity contribution in [2.24, 2.45) is 7.05 Å². The summed E-state index contributed by atoms with van der Waals surface area (Å²) in [5, 5.41) is 0.661. The summed E-state index contributed by atoms with van der Waals surface area (Å²) in [5.74, 6) is -5.38. The zero-order valence-corrected chi connectivity index (χ0v) is 15.7. The molecule has 0 bridgehead atoms. The Labute approximate surface area is 164 Å². The Bertz CT molecular complexity index is 1020. The molecule has 0 aliphatic heterocycles. The summed E-state index contributed by atoms with van der Waals surface area (Å²) in [7, 11) is 1.65. The van der Waals surface area contributed by atoms with Gasteiger partial charge in [0.25, 0.3) is 11.1 Å². The normalized spacial score (nSPS) is 14.2. The number of amides is 1. The highest BCUT2D eigenvalue weighted by molar-refractivity contribution is 5.92. The van der Waals surface area contributed by atoms with Crippen molar-refractivity contribution in [1.82, 2.24) is 14.7 Å². The quantitative estimate of drug-likeness (QED) is 0.585. The van der Waals surface area contributed by atoms with Crippen molar-refractivity contribution in [3.63, 3.8) is 0 Å². The van der Waals surface area contributed by atoms with E-state index in [1.807, 2.05) is 0 Å². The molecular weight excluding hydrogens is 424 g/mol. The number of alkyl halides is 6. The first-order valence-corrected chi connectivity index (χ1v) is 8.09. The van der Waals surface area contributed by atoms with Crippen LogP contribution in [0.4, 0.5) is 26.3 Å². The Hall–Kier alpha value is -3.25. The number of aromatic nitrogens is 2. The molecule has 1 N–H and O–H groups in total. The van der Waals surface area contributed by atoms with Gasteiger partial charge in [0, 0.05) is 12.7 Å². The number of rotatable bonds is 4. The van der Waals surface area contributed by atoms with Crippen molar-refractivity contribution in [2.75, 3.05) is 7.11 Å². The largest absolute Gasteiger partial charge is 0.471 e. The lowest BCUT2D eigenvalue weighted by Gasteiger charge is -2.33. The van der Waals surface area contributed by atoms with Gasteiger partial charge in [-0.2, -0.15) is 26.3 Å². The van der Waals surface area contributed by atoms with E-state index in [4.69, 9.17) is 0 Å². The molecule has 0 radical (unpaired) electrons. The first-order chi connectivity index (χ1) is 13.7. The van der Waals surface area contributed by atoms with E-state index in [-0.39, 0.29) is 5.69 Å². The van der Waals surface area contributed by atoms with E-state index in [1.54, 1.807) is 6.07 Å². The number of nitrogens with one attached hydrogen (secondary N) is 1. The van der Waals surface area contributed by atoms with Gasteiger partial charge >= 0.3 is 24.2 Å². The lowest BCUT2D eigenvalue weighted by atomic mass is 9.88. The number of carbonyl (C=O) groups is 2. The maximum Gasteiger partial charge on any atom is 0.471 e. The van der Waals surface area contributed by atoms with Gasteiger partial charge in [-0.3, -0.25) is 14.3 Å². The fourth-order valence-electron chi connectivity index (χ4n) is 2.94. The molecule has 0 aliphatic rings. The van der Waals surface area contributed by atoms with Crippen LogP contribution >= 0.6 is 0 Å². The second-order valence-corrected chi connectivity index (χ2v) is 6.13. The van der Waals surface area contributed by atoms with Crippen LogP contribution in [0.5, 0.6) is 0 Å². The zero-order chi connectivity index (χ0) is 23.1. The van der Waals surface area contributed by atoms with Gasteiger partial charge in [-0.1, -0.05) is 18.2 Å². The van der Waals surface area contributed by atoms with Gasteiger partial charge in [0.1, 0.15) is 0 Å². The molecule has 2 rings (SSSR count). The Morgan fingerprint density at radius 2 is 1.57 bits per heavy atom. The third-order valence-electron chi connectivity index (χ3n) is 4.40. The first kappa shape index (κ1) is 23.0. The second-order valence-electron chi connectivity index (χ2n) is 6.13. The SMILES string of the molecule is COC(=O)C(NC(=O)C(F)(F)F)(c1c(C)n(C)n(-c2ccccc2)c1=O)C(F)(F)F. The smallest absolute Gasteiger partial charge is 0.467 e. The molecule has 7 nitrogen and oxygen atoms in total. The molecule has 30 heavy (non-hydrogen) atoms. The molecular formula is C17H15F6N3O4. The third kappa shape index (κ3) is 3.55. The van der Waals surface area contributed by atoms with Crippen molar-refractivity contribution in [1.29, 1.82) is 0 Å². The highest BCUT2D eigenvalue weighted by Gasteiger charge is 2.68. The summed E-state index contributed by atoms with van der Waals surface area (Å²) in [6, 6.07) is 7.20. The maximum atomic E-state index is 14.1. The lowest BCUT2D eigenvalue weighted by molar-refractivity contribution is -0.223. The Kier molecular flexibility index (Phi) is 5.79. The molecule has 2 aromatic rings. The average molecular weight is 439 g/mol. The molecule has 0 fully saturated rings. The molecule has 0 saturated heterocycles. The minimum Gasteiger partial charge on any atom is -0.467 e. The van der Waals surface area contributed by atoms with Gasteiger partial charge in [0.05, 0.1) is 18.4 Å². The van der Waals surface area contributed by atoms with Crippen LogP contribution in [0.3, 0.4) is 0 Å². The summed E-state index contributed by atoms with van der Waals surface area (Å²) in [6.07, 6.45) is -11.6. The molecule has 164 valence electrons. The Morgan fingerprint density at radius 1 is 1.03 bits per heavy atom. The van der Waals surface area contributed by atoms with Gasteiger partial charge in [0.15, 0.2) is 0 Å². The molecule has 1 unspecified atom stereocenters. The number of carbonyl (C=O) groups excluding carboxylic acids is 2. The fourth-order valence-corrected chi connectivity index (χ4v) is 2.94. The Morgan fingerprint density at radius 3 is 2.00 bits per heavy atom. The highest BCUT2D eigenvalue weighted by atomic mass is 19.4. The lowest BCUT2D eigenvalue weighted by Crippen LogP contribution is -2.65. The van der Waals surface area contributed by atoms with Crippen LogP contribution in [0.1, 0.15) is 11.3 Å². The van der Waals surface area contributed by atoms with Crippen molar-refractivity contribution in [3.8, 4) is 5.69 Å². The van der Waals surface area contributed by atoms with Gasteiger partial charge in [-0.05, 0) is 19.1 Å². The van der Waals surface area contributed by atoms with Crippen LogP contribution in [0, 0.1) is 6.92 Å². The number of methoxy groups -OCH3 is 1. The Balaban J connectivity index is 2.95. The van der Waals surface area contributed by atoms with Crippen molar-refractivity contribution >= 4 is 11.9 Å². The molecule has 1 atom stereocenters. The van der Waals surface area contributed by atoms with Crippen LogP contribution < -0.4 is 10.9 Å². The topological polar surface area (TPSA) is 82.3 Å². The zero-order valence-electron chi connectivity index (χ0n) is 15.7. The number of esters is 1. The van der Waals surface area contributed by atoms with E-state index < -0.39 is 46.6 Å². The van der Waals surface area contributed by atoms with Crippen LogP contribution in [-0.2, 0) is 26.9 Å². The summed E-state index contributed by atoms with van der Waals surface area (Å²) >= 11 is 0. The van der Waals surface area contributed by atoms with E-state index in [1.165, 1.54) is 24.3 Å². The number of benzene rings is 1. The number of halogens is 6. The summed E-state index contributed by atoms with van der Waals surface area (Å²) in [5.41, 5.74) is -7.73. The monoisotopic (exact) mass is 439 g/mol. The second kappa shape index (κ2) is 7.54. The van der Waals surface area contributed by atoms with E-state index in [0.717, 1.165) is 18.7 Å². The van der Waals surface area contributed by atoms with Crippen molar-refractivity contribution in [2.45, 2.75) is 24.8 Å². The van der Waals surface area contributed by atoms with Crippen LogP contribution in [-0.4, -0.2) is 40.7 Å². The molecule has 0 spiro atoms. The number of hydrogen-bond donors (Lipinski definition) is 1. The molecule has 0 aliphatic carbocycles. The molecule has 1 heterocycles. The molecule has 1 aromatic heterocycles. The third-order valence-corrected chi connectivity index (χ3v) is 4.40. The number of ether oxygens (including phenoxy) is 1. The predicted octanol–water partition coefficient (Wildman–Crippen LogP) is 2.09. The van der Waals surface area contributed by atoms with Gasteiger partial charge in [-0.15, -0.1) is 0 Å². The average Bonchev–Trinajstić information content (AvgIpc) is 2.87. The predicted molar refractivity (Wildman–Crippen MR) is 89.7 cm³/mol. The highest BCUT2D eigenvalue weighted by Crippen LogP contribution is 2.41. The van der Waals surface area contributed by atoms with Crippen LogP contribution in [0.2, 0.25) is 0 Å². The van der Waals surface area contributed by atoms with E-state index >= 15 is 0 Å². The number of nitrogens with zero attached hydrogens (tertiary/aromatic N) is 2. The van der Waals surface area contributed by atoms with Gasteiger partial charge < -0.3 is 10.1 Å². The minimum atomic E-state index is -5.86. The molecule has 0 saturated carbocycles. The van der Waals surface area contributed by atoms with Gasteiger partial charge in [0.2, 0.25) is 0 Å². The van der Waals surface area contributed by atoms with Crippen LogP contribution in [0.25, 0.3) is 5.69 Å². The van der Waals surface area contributed by atoms with E-state index in [9.17, 15) is 40.7 Å². The summed E-state index contributed by atoms with van der Waals surface area (Å²) < 4.78 is 86.4.